The van der Waals surface area contributed by atoms with Gasteiger partial charge in [0.2, 0.25) is 0 Å². The molecule has 2 rings (SSSR count). The Morgan fingerprint density at radius 1 is 1.29 bits per heavy atom. The standard InChI is InChI=1S/C12H12F3NO/c1-11(2)7-8-5-3-4-6-9(8)16(11)10(17)12(13,14)15/h3-6H,7H2,1-2H3. The third kappa shape index (κ3) is 1.90. The summed E-state index contributed by atoms with van der Waals surface area (Å²) in [7, 11) is 0. The van der Waals surface area contributed by atoms with E-state index in [-0.39, 0.29) is 0 Å². The fraction of sp³-hybridized carbons (Fsp3) is 0.417. The molecule has 17 heavy (non-hydrogen) atoms. The number of amides is 1. The molecule has 0 saturated heterocycles. The Morgan fingerprint density at radius 3 is 2.47 bits per heavy atom. The molecule has 1 aliphatic rings. The second kappa shape index (κ2) is 3.48. The van der Waals surface area contributed by atoms with Crippen LogP contribution in [0.25, 0.3) is 0 Å². The molecule has 1 heterocycles. The summed E-state index contributed by atoms with van der Waals surface area (Å²) in [5, 5.41) is 0. The molecule has 1 aromatic carbocycles. The van der Waals surface area contributed by atoms with E-state index in [4.69, 9.17) is 0 Å². The van der Waals surface area contributed by atoms with Crippen LogP contribution in [0.3, 0.4) is 0 Å². The van der Waals surface area contributed by atoms with Crippen molar-refractivity contribution in [2.75, 3.05) is 4.90 Å². The van der Waals surface area contributed by atoms with Crippen molar-refractivity contribution in [1.29, 1.82) is 0 Å². The molecule has 0 aliphatic carbocycles. The fourth-order valence-corrected chi connectivity index (χ4v) is 2.26. The number of hydrogen-bond acceptors (Lipinski definition) is 1. The highest BCUT2D eigenvalue weighted by Crippen LogP contribution is 2.40. The van der Waals surface area contributed by atoms with Gasteiger partial charge in [0.15, 0.2) is 0 Å². The molecule has 1 amide bonds. The zero-order chi connectivity index (χ0) is 12.8. The van der Waals surface area contributed by atoms with Gasteiger partial charge in [0.1, 0.15) is 0 Å². The monoisotopic (exact) mass is 243 g/mol. The van der Waals surface area contributed by atoms with E-state index in [2.05, 4.69) is 0 Å². The second-order valence-electron chi connectivity index (χ2n) is 4.76. The summed E-state index contributed by atoms with van der Waals surface area (Å²) in [5.74, 6) is -1.80. The molecule has 0 saturated carbocycles. The molecule has 1 aliphatic heterocycles. The Bertz CT molecular complexity index is 465. The van der Waals surface area contributed by atoms with Crippen molar-refractivity contribution in [3.05, 3.63) is 29.8 Å². The van der Waals surface area contributed by atoms with Gasteiger partial charge < -0.3 is 0 Å². The molecule has 0 spiro atoms. The van der Waals surface area contributed by atoms with Gasteiger partial charge in [-0.15, -0.1) is 0 Å². The van der Waals surface area contributed by atoms with Crippen LogP contribution < -0.4 is 4.90 Å². The molecule has 0 bridgehead atoms. The number of benzene rings is 1. The molecule has 0 fully saturated rings. The number of carbonyl (C=O) groups excluding carboxylic acids is 1. The van der Waals surface area contributed by atoms with Crippen molar-refractivity contribution in [3.8, 4) is 0 Å². The number of fused-ring (bicyclic) bond motifs is 1. The lowest BCUT2D eigenvalue weighted by atomic mass is 9.99. The molecule has 1 aromatic rings. The number of alkyl halides is 3. The van der Waals surface area contributed by atoms with Crippen molar-refractivity contribution >= 4 is 11.6 Å². The molecule has 0 unspecified atom stereocenters. The fourth-order valence-electron chi connectivity index (χ4n) is 2.26. The number of carbonyl (C=O) groups is 1. The highest BCUT2D eigenvalue weighted by molar-refractivity contribution is 6.00. The predicted molar refractivity (Wildman–Crippen MR) is 57.8 cm³/mol. The summed E-state index contributed by atoms with van der Waals surface area (Å²) in [6.07, 6.45) is -4.40. The maximum Gasteiger partial charge on any atom is 0.471 e. The van der Waals surface area contributed by atoms with Crippen molar-refractivity contribution < 1.29 is 18.0 Å². The van der Waals surface area contributed by atoms with Crippen LogP contribution in [-0.4, -0.2) is 17.6 Å². The van der Waals surface area contributed by atoms with Gasteiger partial charge in [-0.3, -0.25) is 9.69 Å². The smallest absolute Gasteiger partial charge is 0.298 e. The van der Waals surface area contributed by atoms with Crippen LogP contribution in [0.1, 0.15) is 19.4 Å². The molecule has 0 N–H and O–H groups in total. The number of anilines is 1. The van der Waals surface area contributed by atoms with Gasteiger partial charge in [0.25, 0.3) is 0 Å². The van der Waals surface area contributed by atoms with E-state index in [0.717, 1.165) is 10.5 Å². The van der Waals surface area contributed by atoms with E-state index in [0.29, 0.717) is 12.1 Å². The first-order valence-corrected chi connectivity index (χ1v) is 5.23. The van der Waals surface area contributed by atoms with Crippen LogP contribution in [0.2, 0.25) is 0 Å². The van der Waals surface area contributed by atoms with Crippen LogP contribution in [0.15, 0.2) is 24.3 Å². The maximum atomic E-state index is 12.5. The normalized spacial score (nSPS) is 18.1. The van der Waals surface area contributed by atoms with Gasteiger partial charge in [-0.05, 0) is 31.9 Å². The topological polar surface area (TPSA) is 20.3 Å². The maximum absolute atomic E-state index is 12.5. The molecular formula is C12H12F3NO. The summed E-state index contributed by atoms with van der Waals surface area (Å²) in [4.78, 5) is 12.3. The van der Waals surface area contributed by atoms with E-state index >= 15 is 0 Å². The lowest BCUT2D eigenvalue weighted by molar-refractivity contribution is -0.171. The highest BCUT2D eigenvalue weighted by Gasteiger charge is 2.50. The van der Waals surface area contributed by atoms with Crippen molar-refractivity contribution in [2.45, 2.75) is 32.0 Å². The van der Waals surface area contributed by atoms with Gasteiger partial charge in [-0.2, -0.15) is 13.2 Å². The number of halogens is 3. The second-order valence-corrected chi connectivity index (χ2v) is 4.76. The van der Waals surface area contributed by atoms with E-state index in [9.17, 15) is 18.0 Å². The minimum Gasteiger partial charge on any atom is -0.298 e. The first-order valence-electron chi connectivity index (χ1n) is 5.23. The van der Waals surface area contributed by atoms with Crippen molar-refractivity contribution in [2.24, 2.45) is 0 Å². The minimum atomic E-state index is -4.84. The molecule has 0 aromatic heterocycles. The average Bonchev–Trinajstić information content (AvgIpc) is 2.44. The van der Waals surface area contributed by atoms with E-state index in [1.807, 2.05) is 0 Å². The molecular weight excluding hydrogens is 231 g/mol. The molecule has 2 nitrogen and oxygen atoms in total. The van der Waals surface area contributed by atoms with Crippen molar-refractivity contribution in [1.82, 2.24) is 0 Å². The van der Waals surface area contributed by atoms with Gasteiger partial charge in [0.05, 0.1) is 0 Å². The first-order chi connectivity index (χ1) is 7.73. The number of hydrogen-bond donors (Lipinski definition) is 0. The Kier molecular flexibility index (Phi) is 2.45. The van der Waals surface area contributed by atoms with Gasteiger partial charge in [-0.1, -0.05) is 18.2 Å². The predicted octanol–water partition coefficient (Wildman–Crippen LogP) is 2.92. The Balaban J connectivity index is 2.49. The Hall–Kier alpha value is -1.52. The SMILES string of the molecule is CC1(C)Cc2ccccc2N1C(=O)C(F)(F)F. The van der Waals surface area contributed by atoms with E-state index < -0.39 is 17.6 Å². The molecule has 0 radical (unpaired) electrons. The van der Waals surface area contributed by atoms with Crippen LogP contribution in [0.5, 0.6) is 0 Å². The summed E-state index contributed by atoms with van der Waals surface area (Å²) >= 11 is 0. The van der Waals surface area contributed by atoms with Crippen LogP contribution in [-0.2, 0) is 11.2 Å². The largest absolute Gasteiger partial charge is 0.471 e. The lowest BCUT2D eigenvalue weighted by Gasteiger charge is -2.32. The first kappa shape index (κ1) is 12.0. The third-order valence-electron chi connectivity index (χ3n) is 2.91. The van der Waals surface area contributed by atoms with Crippen molar-refractivity contribution in [3.63, 3.8) is 0 Å². The zero-order valence-electron chi connectivity index (χ0n) is 9.51. The Morgan fingerprint density at radius 2 is 1.88 bits per heavy atom. The van der Waals surface area contributed by atoms with E-state index in [1.54, 1.807) is 38.1 Å². The molecule has 92 valence electrons. The quantitative estimate of drug-likeness (QED) is 0.686. The Labute approximate surface area is 97.0 Å². The van der Waals surface area contributed by atoms with E-state index in [1.165, 1.54) is 0 Å². The highest BCUT2D eigenvalue weighted by atomic mass is 19.4. The van der Waals surface area contributed by atoms with Gasteiger partial charge >= 0.3 is 12.1 Å². The zero-order valence-corrected chi connectivity index (χ0v) is 9.51. The number of para-hydroxylation sites is 1. The summed E-state index contributed by atoms with van der Waals surface area (Å²) in [6, 6.07) is 6.70. The van der Waals surface area contributed by atoms with Crippen LogP contribution in [0.4, 0.5) is 18.9 Å². The minimum absolute atomic E-state index is 0.361. The van der Waals surface area contributed by atoms with Gasteiger partial charge in [0, 0.05) is 11.2 Å². The van der Waals surface area contributed by atoms with Gasteiger partial charge in [-0.25, -0.2) is 0 Å². The molecule has 0 atom stereocenters. The summed E-state index contributed by atoms with van der Waals surface area (Å²) in [6.45, 7) is 3.27. The number of rotatable bonds is 0. The number of nitrogens with zero attached hydrogens (tertiary/aromatic N) is 1. The summed E-state index contributed by atoms with van der Waals surface area (Å²) in [5.41, 5.74) is 0.297. The van der Waals surface area contributed by atoms with Crippen LogP contribution >= 0.6 is 0 Å². The lowest BCUT2D eigenvalue weighted by Crippen LogP contribution is -2.51. The molecule has 5 heteroatoms. The summed E-state index contributed by atoms with van der Waals surface area (Å²) < 4.78 is 37.6. The van der Waals surface area contributed by atoms with Crippen LogP contribution in [0, 0.1) is 0 Å². The third-order valence-corrected chi connectivity index (χ3v) is 2.91. The average molecular weight is 243 g/mol.